The maximum absolute atomic E-state index is 3.83. The first-order valence-electron chi connectivity index (χ1n) is 9.34. The minimum atomic E-state index is 0.360. The van der Waals surface area contributed by atoms with Crippen molar-refractivity contribution in [2.75, 3.05) is 18.0 Å². The third kappa shape index (κ3) is 2.67. The summed E-state index contributed by atoms with van der Waals surface area (Å²) in [5.41, 5.74) is 5.05. The molecule has 1 aliphatic carbocycles. The predicted octanol–water partition coefficient (Wildman–Crippen LogP) is 4.62. The Morgan fingerprint density at radius 1 is 1.14 bits per heavy atom. The molecule has 22 heavy (non-hydrogen) atoms. The monoisotopic (exact) mass is 300 g/mol. The number of benzene rings is 1. The van der Waals surface area contributed by atoms with Gasteiger partial charge in [0.15, 0.2) is 0 Å². The zero-order valence-corrected chi connectivity index (χ0v) is 14.6. The molecule has 2 heteroatoms. The van der Waals surface area contributed by atoms with E-state index in [0.717, 1.165) is 19.1 Å². The van der Waals surface area contributed by atoms with Gasteiger partial charge in [0.25, 0.3) is 0 Å². The van der Waals surface area contributed by atoms with Crippen LogP contribution in [0, 0.1) is 0 Å². The van der Waals surface area contributed by atoms with Crippen molar-refractivity contribution in [1.82, 2.24) is 5.32 Å². The van der Waals surface area contributed by atoms with Crippen molar-refractivity contribution < 1.29 is 0 Å². The number of rotatable bonds is 6. The van der Waals surface area contributed by atoms with Crippen LogP contribution in [0.3, 0.4) is 0 Å². The van der Waals surface area contributed by atoms with Gasteiger partial charge < -0.3 is 10.2 Å². The van der Waals surface area contributed by atoms with E-state index in [1.807, 2.05) is 0 Å². The van der Waals surface area contributed by atoms with Crippen molar-refractivity contribution in [3.63, 3.8) is 0 Å². The van der Waals surface area contributed by atoms with Crippen LogP contribution in [-0.2, 0) is 12.0 Å². The molecule has 0 bridgehead atoms. The second-order valence-electron chi connectivity index (χ2n) is 7.18. The molecule has 1 N–H and O–H groups in total. The van der Waals surface area contributed by atoms with Gasteiger partial charge in [0.1, 0.15) is 0 Å². The quantitative estimate of drug-likeness (QED) is 0.825. The highest BCUT2D eigenvalue weighted by molar-refractivity contribution is 5.65. The highest BCUT2D eigenvalue weighted by Gasteiger charge is 2.40. The third-order valence-electron chi connectivity index (χ3n) is 6.16. The molecule has 3 rings (SSSR count). The molecule has 1 aliphatic heterocycles. The Bertz CT molecular complexity index is 498. The summed E-state index contributed by atoms with van der Waals surface area (Å²) in [5, 5.41) is 3.83. The van der Waals surface area contributed by atoms with Crippen LogP contribution in [0.15, 0.2) is 18.2 Å². The first kappa shape index (κ1) is 15.9. The van der Waals surface area contributed by atoms with Gasteiger partial charge in [-0.15, -0.1) is 0 Å². The molecule has 0 unspecified atom stereocenters. The predicted molar refractivity (Wildman–Crippen MR) is 95.7 cm³/mol. The van der Waals surface area contributed by atoms with Gasteiger partial charge in [-0.3, -0.25) is 0 Å². The van der Waals surface area contributed by atoms with Gasteiger partial charge >= 0.3 is 0 Å². The van der Waals surface area contributed by atoms with E-state index in [1.165, 1.54) is 50.8 Å². The van der Waals surface area contributed by atoms with Gasteiger partial charge in [0.05, 0.1) is 0 Å². The lowest BCUT2D eigenvalue weighted by Crippen LogP contribution is -2.33. The van der Waals surface area contributed by atoms with Gasteiger partial charge in [0, 0.05) is 36.8 Å². The van der Waals surface area contributed by atoms with Crippen molar-refractivity contribution in [1.29, 1.82) is 0 Å². The lowest BCUT2D eigenvalue weighted by Gasteiger charge is -2.29. The average molecular weight is 300 g/mol. The maximum Gasteiger partial charge on any atom is 0.0408 e. The maximum atomic E-state index is 3.83. The molecule has 122 valence electrons. The summed E-state index contributed by atoms with van der Waals surface area (Å²) in [7, 11) is 0. The lowest BCUT2D eigenvalue weighted by molar-refractivity contribution is 0.415. The van der Waals surface area contributed by atoms with Crippen molar-refractivity contribution in [3.05, 3.63) is 29.3 Å². The van der Waals surface area contributed by atoms with E-state index in [9.17, 15) is 0 Å². The summed E-state index contributed by atoms with van der Waals surface area (Å²) < 4.78 is 0. The molecule has 1 aromatic rings. The zero-order chi connectivity index (χ0) is 15.6. The Hall–Kier alpha value is -1.02. The number of fused-ring (bicyclic) bond motifs is 1. The summed E-state index contributed by atoms with van der Waals surface area (Å²) in [6.07, 6.45) is 8.02. The fraction of sp³-hybridized carbons (Fsp3) is 0.700. The van der Waals surface area contributed by atoms with Crippen molar-refractivity contribution in [2.24, 2.45) is 0 Å². The van der Waals surface area contributed by atoms with Crippen LogP contribution in [0.5, 0.6) is 0 Å². The highest BCUT2D eigenvalue weighted by Crippen LogP contribution is 2.46. The molecule has 0 amide bonds. The van der Waals surface area contributed by atoms with E-state index in [0.29, 0.717) is 5.41 Å². The lowest BCUT2D eigenvalue weighted by atomic mass is 9.75. The van der Waals surface area contributed by atoms with Crippen LogP contribution in [0.1, 0.15) is 70.4 Å². The van der Waals surface area contributed by atoms with Crippen LogP contribution in [-0.4, -0.2) is 19.1 Å². The SMILES string of the molecule is CCN1CC(CC)(CC)c2c(CNC3CCCC3)cccc21. The molecular formula is C20H32N2. The molecule has 1 saturated carbocycles. The number of nitrogens with one attached hydrogen (secondary N) is 1. The summed E-state index contributed by atoms with van der Waals surface area (Å²) in [5.74, 6) is 0. The van der Waals surface area contributed by atoms with Crippen LogP contribution >= 0.6 is 0 Å². The Labute approximate surface area is 136 Å². The standard InChI is InChI=1S/C20H32N2/c1-4-20(5-2)15-22(6-3)18-13-9-10-16(19(18)20)14-21-17-11-7-8-12-17/h9-10,13,17,21H,4-8,11-12,14-15H2,1-3H3. The van der Waals surface area contributed by atoms with Crippen LogP contribution in [0.4, 0.5) is 5.69 Å². The summed E-state index contributed by atoms with van der Waals surface area (Å²) >= 11 is 0. The Morgan fingerprint density at radius 3 is 2.50 bits per heavy atom. The van der Waals surface area contributed by atoms with Crippen molar-refractivity contribution >= 4 is 5.69 Å². The number of hydrogen-bond acceptors (Lipinski definition) is 2. The second-order valence-corrected chi connectivity index (χ2v) is 7.18. The molecule has 1 aromatic carbocycles. The normalized spacial score (nSPS) is 20.6. The van der Waals surface area contributed by atoms with Crippen molar-refractivity contribution in [3.8, 4) is 0 Å². The fourth-order valence-electron chi connectivity index (χ4n) is 4.63. The van der Waals surface area contributed by atoms with E-state index < -0.39 is 0 Å². The summed E-state index contributed by atoms with van der Waals surface area (Å²) in [6, 6.07) is 7.71. The van der Waals surface area contributed by atoms with E-state index >= 15 is 0 Å². The molecule has 2 aliphatic rings. The number of hydrogen-bond donors (Lipinski definition) is 1. The van der Waals surface area contributed by atoms with Crippen LogP contribution in [0.25, 0.3) is 0 Å². The van der Waals surface area contributed by atoms with E-state index in [2.05, 4.69) is 49.2 Å². The largest absolute Gasteiger partial charge is 0.371 e. The molecule has 1 heterocycles. The molecule has 0 atom stereocenters. The second kappa shape index (κ2) is 6.62. The molecule has 1 fully saturated rings. The molecule has 0 saturated heterocycles. The van der Waals surface area contributed by atoms with E-state index in [1.54, 1.807) is 11.1 Å². The zero-order valence-electron chi connectivity index (χ0n) is 14.6. The minimum absolute atomic E-state index is 0.360. The van der Waals surface area contributed by atoms with Gasteiger partial charge in [-0.05, 0) is 49.8 Å². The molecule has 0 aromatic heterocycles. The van der Waals surface area contributed by atoms with Gasteiger partial charge in [-0.1, -0.05) is 38.8 Å². The molecule has 2 nitrogen and oxygen atoms in total. The van der Waals surface area contributed by atoms with Crippen LogP contribution in [0.2, 0.25) is 0 Å². The topological polar surface area (TPSA) is 15.3 Å². The first-order valence-corrected chi connectivity index (χ1v) is 9.34. The number of anilines is 1. The number of nitrogens with zero attached hydrogens (tertiary/aromatic N) is 1. The van der Waals surface area contributed by atoms with Gasteiger partial charge in [-0.25, -0.2) is 0 Å². The Kier molecular flexibility index (Phi) is 4.77. The van der Waals surface area contributed by atoms with Crippen molar-refractivity contribution in [2.45, 2.75) is 77.3 Å². The highest BCUT2D eigenvalue weighted by atomic mass is 15.2. The van der Waals surface area contributed by atoms with E-state index in [4.69, 9.17) is 0 Å². The fourth-order valence-corrected chi connectivity index (χ4v) is 4.63. The number of likely N-dealkylation sites (N-methyl/N-ethyl adjacent to an activating group) is 1. The molecule has 0 radical (unpaired) electrons. The van der Waals surface area contributed by atoms with E-state index in [-0.39, 0.29) is 0 Å². The smallest absolute Gasteiger partial charge is 0.0408 e. The minimum Gasteiger partial charge on any atom is -0.371 e. The average Bonchev–Trinajstić information content (AvgIpc) is 3.19. The Morgan fingerprint density at radius 2 is 1.86 bits per heavy atom. The molecule has 0 spiro atoms. The van der Waals surface area contributed by atoms with Crippen LogP contribution < -0.4 is 10.2 Å². The summed E-state index contributed by atoms with van der Waals surface area (Å²) in [4.78, 5) is 2.58. The third-order valence-corrected chi connectivity index (χ3v) is 6.16. The first-order chi connectivity index (χ1) is 10.7. The Balaban J connectivity index is 1.89. The molecular weight excluding hydrogens is 268 g/mol. The van der Waals surface area contributed by atoms with Gasteiger partial charge in [-0.2, -0.15) is 0 Å². The summed E-state index contributed by atoms with van der Waals surface area (Å²) in [6.45, 7) is 10.4. The van der Waals surface area contributed by atoms with Gasteiger partial charge in [0.2, 0.25) is 0 Å².